The maximum atomic E-state index is 12.6. The number of carbonyl (C=O) groups is 1. The number of carbonyl (C=O) groups excluding carboxylic acids is 1. The van der Waals surface area contributed by atoms with Crippen molar-refractivity contribution in [1.82, 2.24) is 15.1 Å². The molecule has 2 amide bonds. The Morgan fingerprint density at radius 1 is 0.943 bits per heavy atom. The summed E-state index contributed by atoms with van der Waals surface area (Å²) in [7, 11) is 0. The second-order valence-electron chi connectivity index (χ2n) is 9.10. The van der Waals surface area contributed by atoms with Gasteiger partial charge in [-0.25, -0.2) is 4.79 Å². The minimum Gasteiger partial charge on any atom is -0.368 e. The molecule has 0 aromatic heterocycles. The van der Waals surface area contributed by atoms with Gasteiger partial charge in [-0.2, -0.15) is 0 Å². The van der Waals surface area contributed by atoms with Gasteiger partial charge in [-0.1, -0.05) is 83.9 Å². The lowest BCUT2D eigenvalue weighted by Crippen LogP contribution is -2.52. The molecule has 1 N–H and O–H groups in total. The highest BCUT2D eigenvalue weighted by Crippen LogP contribution is 2.23. The zero-order valence-corrected chi connectivity index (χ0v) is 21.1. The normalized spacial score (nSPS) is 15.1. The van der Waals surface area contributed by atoms with Crippen LogP contribution in [0.5, 0.6) is 0 Å². The third-order valence-corrected chi connectivity index (χ3v) is 6.64. The Bertz CT molecular complexity index is 1070. The molecule has 4 rings (SSSR count). The van der Waals surface area contributed by atoms with Crippen LogP contribution in [-0.4, -0.2) is 55.1 Å². The van der Waals surface area contributed by atoms with Crippen molar-refractivity contribution >= 4 is 17.6 Å². The van der Waals surface area contributed by atoms with Gasteiger partial charge in [-0.15, -0.1) is 0 Å². The van der Waals surface area contributed by atoms with Gasteiger partial charge in [0.1, 0.15) is 0 Å². The number of halogens is 1. The Kier molecular flexibility index (Phi) is 9.18. The molecule has 35 heavy (non-hydrogen) atoms. The summed E-state index contributed by atoms with van der Waals surface area (Å²) in [6.07, 6.45) is 0.771. The fourth-order valence-corrected chi connectivity index (χ4v) is 4.49. The maximum Gasteiger partial charge on any atom is 0.317 e. The number of benzene rings is 3. The summed E-state index contributed by atoms with van der Waals surface area (Å²) in [4.78, 5) is 16.9. The fraction of sp³-hybridized carbons (Fsp3) is 0.345. The number of rotatable bonds is 9. The van der Waals surface area contributed by atoms with Gasteiger partial charge in [-0.3, -0.25) is 4.90 Å². The van der Waals surface area contributed by atoms with E-state index in [0.717, 1.165) is 36.6 Å². The third-order valence-electron chi connectivity index (χ3n) is 6.39. The van der Waals surface area contributed by atoms with Crippen molar-refractivity contribution in [3.8, 4) is 0 Å². The average Bonchev–Trinajstić information content (AvgIpc) is 2.88. The van der Waals surface area contributed by atoms with Crippen LogP contribution in [0.2, 0.25) is 5.02 Å². The molecule has 0 saturated carbocycles. The summed E-state index contributed by atoms with van der Waals surface area (Å²) in [6, 6.07) is 26.6. The molecular formula is C29H34ClN3O2. The van der Waals surface area contributed by atoms with Gasteiger partial charge in [0, 0.05) is 44.3 Å². The highest BCUT2D eigenvalue weighted by molar-refractivity contribution is 6.30. The minimum atomic E-state index is -0.0703. The summed E-state index contributed by atoms with van der Waals surface area (Å²) in [6.45, 7) is 7.14. The lowest BCUT2D eigenvalue weighted by atomic mass is 10.1. The molecular weight excluding hydrogens is 458 g/mol. The van der Waals surface area contributed by atoms with Gasteiger partial charge < -0.3 is 15.0 Å². The van der Waals surface area contributed by atoms with Crippen LogP contribution in [0.4, 0.5) is 4.79 Å². The van der Waals surface area contributed by atoms with E-state index in [4.69, 9.17) is 16.3 Å². The number of aryl methyl sites for hydroxylation is 1. The van der Waals surface area contributed by atoms with Crippen molar-refractivity contribution in [1.29, 1.82) is 0 Å². The van der Waals surface area contributed by atoms with Gasteiger partial charge >= 0.3 is 6.03 Å². The van der Waals surface area contributed by atoms with Crippen LogP contribution in [0, 0.1) is 6.92 Å². The van der Waals surface area contributed by atoms with Crippen LogP contribution in [-0.2, 0) is 17.8 Å². The number of amides is 2. The molecule has 1 saturated heterocycles. The summed E-state index contributed by atoms with van der Waals surface area (Å²) in [5.41, 5.74) is 4.74. The second kappa shape index (κ2) is 12.7. The van der Waals surface area contributed by atoms with Crippen LogP contribution in [0.25, 0.3) is 0 Å². The van der Waals surface area contributed by atoms with Crippen molar-refractivity contribution in [2.75, 3.05) is 39.3 Å². The zero-order valence-electron chi connectivity index (χ0n) is 20.3. The van der Waals surface area contributed by atoms with Crippen LogP contribution in [0.15, 0.2) is 78.9 Å². The molecule has 1 aliphatic rings. The predicted octanol–water partition coefficient (Wildman–Crippen LogP) is 5.48. The lowest BCUT2D eigenvalue weighted by molar-refractivity contribution is 0.00556. The van der Waals surface area contributed by atoms with Gasteiger partial charge in [-0.05, 0) is 42.2 Å². The Balaban J connectivity index is 1.28. The molecule has 0 aliphatic carbocycles. The first-order valence-corrected chi connectivity index (χ1v) is 12.7. The maximum absolute atomic E-state index is 12.6. The van der Waals surface area contributed by atoms with E-state index in [2.05, 4.69) is 53.5 Å². The number of urea groups is 1. The largest absolute Gasteiger partial charge is 0.368 e. The van der Waals surface area contributed by atoms with Crippen LogP contribution >= 0.6 is 11.6 Å². The Labute approximate surface area is 213 Å². The molecule has 0 radical (unpaired) electrons. The topological polar surface area (TPSA) is 44.8 Å². The van der Waals surface area contributed by atoms with E-state index < -0.39 is 0 Å². The van der Waals surface area contributed by atoms with E-state index in [1.807, 2.05) is 47.4 Å². The van der Waals surface area contributed by atoms with E-state index in [1.54, 1.807) is 0 Å². The van der Waals surface area contributed by atoms with E-state index in [-0.39, 0.29) is 12.1 Å². The van der Waals surface area contributed by atoms with E-state index in [9.17, 15) is 4.79 Å². The summed E-state index contributed by atoms with van der Waals surface area (Å²) in [5.74, 6) is 0. The first-order valence-electron chi connectivity index (χ1n) is 12.3. The molecule has 5 nitrogen and oxygen atoms in total. The van der Waals surface area contributed by atoms with Crippen LogP contribution < -0.4 is 5.32 Å². The molecule has 6 heteroatoms. The molecule has 1 fully saturated rings. The number of piperazine rings is 1. The summed E-state index contributed by atoms with van der Waals surface area (Å²) in [5, 5.41) is 3.78. The van der Waals surface area contributed by atoms with E-state index in [0.29, 0.717) is 26.2 Å². The molecule has 1 heterocycles. The quantitative estimate of drug-likeness (QED) is 0.431. The molecule has 3 aromatic carbocycles. The standard InChI is InChI=1S/C29H34ClN3O2/c1-23-6-5-9-25(20-23)22-35-28(26-10-12-27(30)13-11-26)21-32-16-18-33(19-17-32)29(34)31-15-14-24-7-3-2-4-8-24/h2-13,20,28H,14-19,21-22H2,1H3,(H,31,34). The Morgan fingerprint density at radius 3 is 2.37 bits per heavy atom. The molecule has 0 bridgehead atoms. The highest BCUT2D eigenvalue weighted by atomic mass is 35.5. The van der Waals surface area contributed by atoms with Gasteiger partial charge in [0.05, 0.1) is 12.7 Å². The van der Waals surface area contributed by atoms with Crippen LogP contribution in [0.1, 0.15) is 28.4 Å². The fourth-order valence-electron chi connectivity index (χ4n) is 4.37. The smallest absolute Gasteiger partial charge is 0.317 e. The predicted molar refractivity (Wildman–Crippen MR) is 142 cm³/mol. The second-order valence-corrected chi connectivity index (χ2v) is 9.53. The number of hydrogen-bond donors (Lipinski definition) is 1. The first-order chi connectivity index (χ1) is 17.1. The molecule has 1 unspecified atom stereocenters. The Hall–Kier alpha value is -2.86. The van der Waals surface area contributed by atoms with Crippen molar-refractivity contribution in [2.45, 2.75) is 26.1 Å². The van der Waals surface area contributed by atoms with Crippen molar-refractivity contribution < 1.29 is 9.53 Å². The van der Waals surface area contributed by atoms with Crippen molar-refractivity contribution in [2.24, 2.45) is 0 Å². The van der Waals surface area contributed by atoms with E-state index >= 15 is 0 Å². The number of ether oxygens (including phenoxy) is 1. The molecule has 3 aromatic rings. The highest BCUT2D eigenvalue weighted by Gasteiger charge is 2.24. The zero-order chi connectivity index (χ0) is 24.5. The lowest BCUT2D eigenvalue weighted by Gasteiger charge is -2.36. The summed E-state index contributed by atoms with van der Waals surface area (Å²) >= 11 is 6.12. The van der Waals surface area contributed by atoms with Crippen molar-refractivity contribution in [3.63, 3.8) is 0 Å². The van der Waals surface area contributed by atoms with Gasteiger partial charge in [0.15, 0.2) is 0 Å². The molecule has 1 aliphatic heterocycles. The SMILES string of the molecule is Cc1cccc(COC(CN2CCN(C(=O)NCCc3ccccc3)CC2)c2ccc(Cl)cc2)c1. The average molecular weight is 492 g/mol. The number of hydrogen-bond acceptors (Lipinski definition) is 3. The first kappa shape index (κ1) is 25.2. The van der Waals surface area contributed by atoms with Crippen LogP contribution in [0.3, 0.4) is 0 Å². The van der Waals surface area contributed by atoms with Gasteiger partial charge in [0.25, 0.3) is 0 Å². The number of nitrogens with zero attached hydrogens (tertiary/aromatic N) is 2. The Morgan fingerprint density at radius 2 is 1.66 bits per heavy atom. The van der Waals surface area contributed by atoms with Gasteiger partial charge in [0.2, 0.25) is 0 Å². The molecule has 0 spiro atoms. The molecule has 184 valence electrons. The monoisotopic (exact) mass is 491 g/mol. The number of nitrogens with one attached hydrogen (secondary N) is 1. The molecule has 1 atom stereocenters. The minimum absolute atomic E-state index is 0.0190. The van der Waals surface area contributed by atoms with Crippen molar-refractivity contribution in [3.05, 3.63) is 106 Å². The van der Waals surface area contributed by atoms with E-state index in [1.165, 1.54) is 16.7 Å². The third kappa shape index (κ3) is 7.82. The summed E-state index contributed by atoms with van der Waals surface area (Å²) < 4.78 is 6.40.